The summed E-state index contributed by atoms with van der Waals surface area (Å²) in [4.78, 5) is 12.8. The Morgan fingerprint density at radius 3 is 2.29 bits per heavy atom. The summed E-state index contributed by atoms with van der Waals surface area (Å²) < 4.78 is 0. The molecule has 0 fully saturated rings. The molecule has 2 aromatic rings. The van der Waals surface area contributed by atoms with E-state index in [0.717, 1.165) is 11.3 Å². The van der Waals surface area contributed by atoms with E-state index in [2.05, 4.69) is 44.0 Å². The third kappa shape index (κ3) is 8.19. The molecular weight excluding hydrogens is 478 g/mol. The van der Waals surface area contributed by atoms with Crippen LogP contribution in [0, 0.1) is 6.07 Å². The van der Waals surface area contributed by atoms with E-state index in [1.807, 2.05) is 30.5 Å². The SMILES string of the molecule is CC(=[OH+])/C=C(/C)O.CC(C)(C)c1ccnc(-c2[c-]cccc2)c1.[Ir]. The van der Waals surface area contributed by atoms with Gasteiger partial charge < -0.3 is 10.1 Å². The van der Waals surface area contributed by atoms with Gasteiger partial charge in [0.25, 0.3) is 0 Å². The first-order valence-corrected chi connectivity index (χ1v) is 7.53. The van der Waals surface area contributed by atoms with Gasteiger partial charge in [0.2, 0.25) is 0 Å². The van der Waals surface area contributed by atoms with Gasteiger partial charge in [0.15, 0.2) is 0 Å². The molecule has 0 atom stereocenters. The van der Waals surface area contributed by atoms with Crippen LogP contribution in [0.4, 0.5) is 0 Å². The number of allylic oxidation sites excluding steroid dienone is 2. The van der Waals surface area contributed by atoms with Crippen LogP contribution in [0.15, 0.2) is 54.4 Å². The summed E-state index contributed by atoms with van der Waals surface area (Å²) in [5.74, 6) is 0.250. The molecule has 0 amide bonds. The number of ketones is 1. The summed E-state index contributed by atoms with van der Waals surface area (Å²) in [6.07, 6.45) is 3.15. The molecule has 1 heterocycles. The van der Waals surface area contributed by atoms with Crippen LogP contribution in [0.2, 0.25) is 0 Å². The zero-order chi connectivity index (χ0) is 17.5. The van der Waals surface area contributed by atoms with Gasteiger partial charge in [-0.1, -0.05) is 26.8 Å². The molecule has 1 aromatic heterocycles. The monoisotopic (exact) mass is 504 g/mol. The van der Waals surface area contributed by atoms with E-state index in [9.17, 15) is 0 Å². The van der Waals surface area contributed by atoms with Gasteiger partial charge >= 0.3 is 5.78 Å². The smallest absolute Gasteiger partial charge is 0.316 e. The van der Waals surface area contributed by atoms with Crippen molar-refractivity contribution in [2.45, 2.75) is 40.0 Å². The zero-order valence-corrected chi connectivity index (χ0v) is 17.2. The van der Waals surface area contributed by atoms with Gasteiger partial charge in [0, 0.05) is 26.3 Å². The maximum atomic E-state index is 8.40. The van der Waals surface area contributed by atoms with E-state index in [1.165, 1.54) is 25.5 Å². The number of pyridine rings is 1. The van der Waals surface area contributed by atoms with Crippen molar-refractivity contribution < 1.29 is 30.0 Å². The van der Waals surface area contributed by atoms with E-state index >= 15 is 0 Å². The molecule has 0 saturated heterocycles. The van der Waals surface area contributed by atoms with Crippen LogP contribution in [0.5, 0.6) is 0 Å². The molecule has 2 N–H and O–H groups in total. The van der Waals surface area contributed by atoms with Gasteiger partial charge in [0.05, 0.1) is 18.8 Å². The number of nitrogens with zero attached hydrogens (tertiary/aromatic N) is 1. The summed E-state index contributed by atoms with van der Waals surface area (Å²) in [5, 5.41) is 8.40. The Kier molecular flexibility index (Phi) is 9.42. The molecule has 131 valence electrons. The van der Waals surface area contributed by atoms with Gasteiger partial charge in [0.1, 0.15) is 0 Å². The number of hydrogen-bond donors (Lipinski definition) is 1. The third-order valence-corrected chi connectivity index (χ3v) is 3.03. The molecule has 0 spiro atoms. The summed E-state index contributed by atoms with van der Waals surface area (Å²) >= 11 is 0. The van der Waals surface area contributed by atoms with Crippen molar-refractivity contribution in [3.8, 4) is 11.3 Å². The van der Waals surface area contributed by atoms with Gasteiger partial charge in [-0.25, -0.2) is 0 Å². The van der Waals surface area contributed by atoms with E-state index in [-0.39, 0.29) is 37.1 Å². The fraction of sp³-hybridized carbons (Fsp3) is 0.300. The minimum Gasteiger partial charge on any atom is -0.512 e. The molecule has 0 bridgehead atoms. The van der Waals surface area contributed by atoms with Crippen molar-refractivity contribution in [1.29, 1.82) is 0 Å². The molecule has 0 aliphatic heterocycles. The normalized spacial score (nSPS) is 11.0. The van der Waals surface area contributed by atoms with Gasteiger partial charge in [-0.3, -0.25) is 4.79 Å². The van der Waals surface area contributed by atoms with Crippen LogP contribution < -0.4 is 0 Å². The fourth-order valence-corrected chi connectivity index (χ4v) is 1.90. The number of rotatable bonds is 2. The molecule has 0 aliphatic carbocycles. The van der Waals surface area contributed by atoms with Crippen molar-refractivity contribution in [1.82, 2.24) is 4.98 Å². The van der Waals surface area contributed by atoms with Crippen molar-refractivity contribution in [2.75, 3.05) is 0 Å². The molecule has 1 radical (unpaired) electrons. The van der Waals surface area contributed by atoms with Crippen LogP contribution in [0.25, 0.3) is 11.3 Å². The number of aromatic nitrogens is 1. The van der Waals surface area contributed by atoms with Gasteiger partial charge in [-0.15, -0.1) is 35.9 Å². The van der Waals surface area contributed by atoms with Crippen molar-refractivity contribution in [3.05, 3.63) is 66.1 Å². The maximum absolute atomic E-state index is 8.40. The first-order valence-electron chi connectivity index (χ1n) is 7.53. The average molecular weight is 504 g/mol. The molecule has 4 heteroatoms. The third-order valence-electron chi connectivity index (χ3n) is 3.03. The van der Waals surface area contributed by atoms with E-state index in [4.69, 9.17) is 9.90 Å². The summed E-state index contributed by atoms with van der Waals surface area (Å²) in [6, 6.07) is 15.4. The molecule has 0 aliphatic rings. The Bertz CT molecular complexity index is 670. The molecule has 1 aromatic carbocycles. The fourth-order valence-electron chi connectivity index (χ4n) is 1.90. The molecule has 0 unspecified atom stereocenters. The van der Waals surface area contributed by atoms with Crippen LogP contribution in [-0.4, -0.2) is 20.7 Å². The Labute approximate surface area is 158 Å². The minimum absolute atomic E-state index is 0. The molecule has 24 heavy (non-hydrogen) atoms. The Balaban J connectivity index is 0.000000570. The molecule has 3 nitrogen and oxygen atoms in total. The summed E-state index contributed by atoms with van der Waals surface area (Å²) in [6.45, 7) is 9.63. The second-order valence-electron chi connectivity index (χ2n) is 6.38. The first-order chi connectivity index (χ1) is 10.7. The van der Waals surface area contributed by atoms with Crippen molar-refractivity contribution in [2.24, 2.45) is 0 Å². The quantitative estimate of drug-likeness (QED) is 0.276. The predicted octanol–water partition coefficient (Wildman–Crippen LogP) is 4.86. The number of aliphatic hydroxyl groups is 1. The Morgan fingerprint density at radius 2 is 1.88 bits per heavy atom. The molecular formula is C20H25IrNO2. The summed E-state index contributed by atoms with van der Waals surface area (Å²) in [5.41, 5.74) is 3.50. The van der Waals surface area contributed by atoms with E-state index < -0.39 is 0 Å². The largest absolute Gasteiger partial charge is 0.512 e. The topological polar surface area (TPSA) is 54.5 Å². The number of hydrogen-bond acceptors (Lipinski definition) is 2. The van der Waals surface area contributed by atoms with Gasteiger partial charge in [-0.05, 0) is 29.7 Å². The second-order valence-corrected chi connectivity index (χ2v) is 6.38. The maximum Gasteiger partial charge on any atom is 0.316 e. The number of aliphatic hydroxyl groups excluding tert-OH is 1. The number of carbonyl (C=O) groups excluding carboxylic acids is 1. The van der Waals surface area contributed by atoms with E-state index in [1.54, 1.807) is 0 Å². The Hall–Kier alpha value is -1.77. The summed E-state index contributed by atoms with van der Waals surface area (Å²) in [7, 11) is 0. The van der Waals surface area contributed by atoms with Gasteiger partial charge in [-0.2, -0.15) is 0 Å². The first kappa shape index (κ1) is 22.2. The number of benzene rings is 1. The van der Waals surface area contributed by atoms with Crippen LogP contribution in [0.1, 0.15) is 40.2 Å². The van der Waals surface area contributed by atoms with Crippen LogP contribution >= 0.6 is 0 Å². The van der Waals surface area contributed by atoms with Crippen molar-refractivity contribution >= 4 is 5.78 Å². The standard InChI is InChI=1S/C15H16N.C5H8O2.Ir/c1-15(2,3)13-9-10-16-14(11-13)12-7-5-4-6-8-12;1-4(6)3-5(2)7;/h4-7,9-11H,1-3H3;3,6H,1-2H3;/q-1;;/p+1/b;4-3-;. The zero-order valence-electron chi connectivity index (χ0n) is 14.8. The molecule has 2 rings (SSSR count). The van der Waals surface area contributed by atoms with Crippen molar-refractivity contribution in [3.63, 3.8) is 0 Å². The second kappa shape index (κ2) is 10.2. The molecule has 0 saturated carbocycles. The minimum atomic E-state index is 0. The predicted molar refractivity (Wildman–Crippen MR) is 96.2 cm³/mol. The van der Waals surface area contributed by atoms with Crippen LogP contribution in [0.3, 0.4) is 0 Å². The van der Waals surface area contributed by atoms with Crippen LogP contribution in [-0.2, 0) is 25.5 Å². The Morgan fingerprint density at radius 1 is 1.21 bits per heavy atom. The average Bonchev–Trinajstić information content (AvgIpc) is 2.47. The van der Waals surface area contributed by atoms with E-state index in [0.29, 0.717) is 0 Å².